The number of nitrogens with zero attached hydrogens (tertiary/aromatic N) is 1. The average Bonchev–Trinajstić information content (AvgIpc) is 2.43. The third-order valence-corrected chi connectivity index (χ3v) is 5.70. The van der Waals surface area contributed by atoms with Gasteiger partial charge < -0.3 is 13.3 Å². The van der Waals surface area contributed by atoms with Crippen molar-refractivity contribution in [3.05, 3.63) is 0 Å². The van der Waals surface area contributed by atoms with Gasteiger partial charge in [0.15, 0.2) is 5.90 Å². The van der Waals surface area contributed by atoms with E-state index in [0.717, 1.165) is 25.7 Å². The van der Waals surface area contributed by atoms with Crippen LogP contribution in [-0.2, 0) is 22.9 Å². The molecule has 28 heavy (non-hydrogen) atoms. The Morgan fingerprint density at radius 1 is 0.607 bits per heavy atom. The summed E-state index contributed by atoms with van der Waals surface area (Å²) in [6.07, 6.45) is 4.93. The number of carbonyl (C=O) groups is 2. The van der Waals surface area contributed by atoms with Crippen LogP contribution in [0.15, 0.2) is 4.99 Å². The van der Waals surface area contributed by atoms with E-state index in [2.05, 4.69) is 24.6 Å². The van der Waals surface area contributed by atoms with E-state index in [1.807, 2.05) is 39.3 Å². The van der Waals surface area contributed by atoms with Crippen LogP contribution in [0.4, 0.5) is 0 Å². The van der Waals surface area contributed by atoms with Crippen molar-refractivity contribution >= 4 is 42.8 Å². The zero-order valence-electron chi connectivity index (χ0n) is 19.4. The SMILES string of the molecule is C[Si](C)(C)OC(=O)CCCCCCC(=NCC(=O)O[Si](C)(C)C)O[Si](C)(C)C. The molecule has 0 saturated carbocycles. The lowest BCUT2D eigenvalue weighted by Gasteiger charge is -2.21. The summed E-state index contributed by atoms with van der Waals surface area (Å²) in [5.41, 5.74) is 0. The zero-order valence-corrected chi connectivity index (χ0v) is 22.4. The Kier molecular flexibility index (Phi) is 11.5. The molecular weight excluding hydrogens is 406 g/mol. The van der Waals surface area contributed by atoms with Crippen molar-refractivity contribution in [3.63, 3.8) is 0 Å². The molecule has 0 rings (SSSR count). The first-order chi connectivity index (χ1) is 12.6. The molecule has 0 radical (unpaired) electrons. The summed E-state index contributed by atoms with van der Waals surface area (Å²) >= 11 is 0. The lowest BCUT2D eigenvalue weighted by Crippen LogP contribution is -2.32. The van der Waals surface area contributed by atoms with E-state index in [0.29, 0.717) is 18.7 Å². The van der Waals surface area contributed by atoms with Crippen molar-refractivity contribution in [2.24, 2.45) is 4.99 Å². The molecule has 0 N–H and O–H groups in total. The standard InChI is InChI=1S/C19H41NO5Si3/c1-26(2,3)23-17(20-16-19(22)25-28(7,8)9)14-12-10-11-13-15-18(21)24-27(4,5)6/h10-16H2,1-9H3. The normalized spacial score (nSPS) is 13.2. The maximum absolute atomic E-state index is 11.9. The summed E-state index contributed by atoms with van der Waals surface area (Å²) in [7, 11) is -5.45. The fourth-order valence-corrected chi connectivity index (χ4v) is 4.74. The smallest absolute Gasteiger partial charge is 0.314 e. The highest BCUT2D eigenvalue weighted by molar-refractivity contribution is 6.72. The van der Waals surface area contributed by atoms with Crippen LogP contribution in [0.2, 0.25) is 58.9 Å². The van der Waals surface area contributed by atoms with Gasteiger partial charge in [0.1, 0.15) is 6.54 Å². The molecule has 0 aliphatic carbocycles. The molecular formula is C19H41NO5Si3. The Labute approximate surface area is 174 Å². The molecule has 0 spiro atoms. The Hall–Kier alpha value is -0.939. The highest BCUT2D eigenvalue weighted by Crippen LogP contribution is 2.13. The topological polar surface area (TPSA) is 74.2 Å². The second-order valence-corrected chi connectivity index (χ2v) is 23.3. The highest BCUT2D eigenvalue weighted by atomic mass is 28.4. The fraction of sp³-hybridized carbons (Fsp3) is 0.842. The molecule has 0 heterocycles. The van der Waals surface area contributed by atoms with Crippen molar-refractivity contribution in [1.29, 1.82) is 0 Å². The third-order valence-electron chi connectivity index (χ3n) is 3.17. The van der Waals surface area contributed by atoms with Gasteiger partial charge in [-0.25, -0.2) is 4.99 Å². The zero-order chi connectivity index (χ0) is 22.0. The minimum atomic E-state index is -1.89. The first kappa shape index (κ1) is 27.1. The monoisotopic (exact) mass is 447 g/mol. The molecule has 9 heteroatoms. The van der Waals surface area contributed by atoms with Crippen molar-refractivity contribution in [1.82, 2.24) is 0 Å². The van der Waals surface area contributed by atoms with Gasteiger partial charge in [0.25, 0.3) is 5.97 Å². The molecule has 0 bridgehead atoms. The van der Waals surface area contributed by atoms with Gasteiger partial charge in [-0.3, -0.25) is 9.59 Å². The third kappa shape index (κ3) is 18.4. The fourth-order valence-electron chi connectivity index (χ4n) is 2.33. The summed E-state index contributed by atoms with van der Waals surface area (Å²) in [6, 6.07) is 0. The molecule has 0 aromatic carbocycles. The van der Waals surface area contributed by atoms with Crippen LogP contribution in [0.1, 0.15) is 38.5 Å². The minimum absolute atomic E-state index is 0.0205. The number of hydrogen-bond donors (Lipinski definition) is 0. The van der Waals surface area contributed by atoms with Gasteiger partial charge in [-0.1, -0.05) is 12.8 Å². The lowest BCUT2D eigenvalue weighted by molar-refractivity contribution is -0.135. The predicted octanol–water partition coefficient (Wildman–Crippen LogP) is 5.33. The first-order valence-electron chi connectivity index (χ1n) is 10.2. The van der Waals surface area contributed by atoms with Crippen LogP contribution in [-0.4, -0.2) is 49.3 Å². The van der Waals surface area contributed by atoms with Crippen molar-refractivity contribution in [2.75, 3.05) is 6.54 Å². The molecule has 0 fully saturated rings. The first-order valence-corrected chi connectivity index (χ1v) is 20.5. The Bertz CT molecular complexity index is 531. The second-order valence-electron chi connectivity index (χ2n) is 10.0. The van der Waals surface area contributed by atoms with Crippen LogP contribution in [0.5, 0.6) is 0 Å². The van der Waals surface area contributed by atoms with Gasteiger partial charge in [-0.05, 0) is 71.8 Å². The van der Waals surface area contributed by atoms with Crippen LogP contribution < -0.4 is 0 Å². The van der Waals surface area contributed by atoms with Crippen LogP contribution in [0.25, 0.3) is 0 Å². The summed E-state index contributed by atoms with van der Waals surface area (Å²) in [6.45, 7) is 18.3. The van der Waals surface area contributed by atoms with Gasteiger partial charge in [0, 0.05) is 12.8 Å². The van der Waals surface area contributed by atoms with Crippen molar-refractivity contribution in [3.8, 4) is 0 Å². The molecule has 0 aromatic rings. The molecule has 164 valence electrons. The van der Waals surface area contributed by atoms with Crippen LogP contribution in [0.3, 0.4) is 0 Å². The maximum Gasteiger partial charge on any atom is 0.314 e. The largest absolute Gasteiger partial charge is 0.535 e. The van der Waals surface area contributed by atoms with E-state index >= 15 is 0 Å². The molecule has 0 unspecified atom stereocenters. The molecule has 0 aliphatic heterocycles. The van der Waals surface area contributed by atoms with E-state index in [1.54, 1.807) is 0 Å². The van der Waals surface area contributed by atoms with Crippen LogP contribution in [0, 0.1) is 0 Å². The van der Waals surface area contributed by atoms with Gasteiger partial charge >= 0.3 is 5.97 Å². The molecule has 0 aliphatic rings. The van der Waals surface area contributed by atoms with E-state index in [9.17, 15) is 9.59 Å². The number of rotatable bonds is 12. The second kappa shape index (κ2) is 11.9. The number of aliphatic imine (C=N–C) groups is 1. The van der Waals surface area contributed by atoms with Gasteiger partial charge in [-0.15, -0.1) is 0 Å². The maximum atomic E-state index is 11.9. The van der Waals surface area contributed by atoms with E-state index < -0.39 is 25.0 Å². The van der Waals surface area contributed by atoms with E-state index in [4.69, 9.17) is 13.3 Å². The summed E-state index contributed by atoms with van der Waals surface area (Å²) in [4.78, 5) is 28.1. The van der Waals surface area contributed by atoms with Gasteiger partial charge in [0.05, 0.1) is 0 Å². The Morgan fingerprint density at radius 2 is 1.04 bits per heavy atom. The lowest BCUT2D eigenvalue weighted by atomic mass is 10.1. The van der Waals surface area contributed by atoms with Crippen molar-refractivity contribution in [2.45, 2.75) is 97.4 Å². The Morgan fingerprint density at radius 3 is 1.50 bits per heavy atom. The number of unbranched alkanes of at least 4 members (excludes halogenated alkanes) is 3. The van der Waals surface area contributed by atoms with E-state index in [1.165, 1.54) is 0 Å². The predicted molar refractivity (Wildman–Crippen MR) is 123 cm³/mol. The molecule has 0 amide bonds. The van der Waals surface area contributed by atoms with Gasteiger partial charge in [-0.2, -0.15) is 0 Å². The summed E-state index contributed by atoms with van der Waals surface area (Å²) < 4.78 is 16.9. The molecule has 0 aromatic heterocycles. The summed E-state index contributed by atoms with van der Waals surface area (Å²) in [5, 5.41) is 0. The van der Waals surface area contributed by atoms with Crippen LogP contribution >= 0.6 is 0 Å². The Balaban J connectivity index is 4.35. The minimum Gasteiger partial charge on any atom is -0.535 e. The van der Waals surface area contributed by atoms with Gasteiger partial charge in [0.2, 0.25) is 25.0 Å². The van der Waals surface area contributed by atoms with E-state index in [-0.39, 0.29) is 18.5 Å². The number of carbonyl (C=O) groups excluding carboxylic acids is 2. The molecule has 0 atom stereocenters. The summed E-state index contributed by atoms with van der Waals surface area (Å²) in [5.74, 6) is 0.297. The quantitative estimate of drug-likeness (QED) is 0.175. The highest BCUT2D eigenvalue weighted by Gasteiger charge is 2.22. The van der Waals surface area contributed by atoms with Crippen molar-refractivity contribution < 1.29 is 22.9 Å². The molecule has 0 saturated heterocycles. The average molecular weight is 448 g/mol. The molecule has 6 nitrogen and oxygen atoms in total. The number of hydrogen-bond acceptors (Lipinski definition) is 6.